The van der Waals surface area contributed by atoms with E-state index in [-0.39, 0.29) is 6.04 Å². The minimum Gasteiger partial charge on any atom is -0.369 e. The number of hydrogen-bond acceptors (Lipinski definition) is 3. The number of benzene rings is 1. The molecule has 1 heterocycles. The number of nitrogens with two attached hydrogens (primary N) is 1. The zero-order valence-electron chi connectivity index (χ0n) is 13.5. The number of nitrogens with zero attached hydrogens (tertiary/aromatic N) is 2. The Morgan fingerprint density at radius 1 is 1.19 bits per heavy atom. The molecular weight excluding hydrogens is 282 g/mol. The maximum absolute atomic E-state index is 6.21. The van der Waals surface area contributed by atoms with Crippen LogP contribution in [0, 0.1) is 0 Å². The Balaban J connectivity index is 2.10. The molecule has 0 radical (unpaired) electrons. The average molecular weight is 310 g/mol. The quantitative estimate of drug-likeness (QED) is 0.907. The van der Waals surface area contributed by atoms with E-state index in [1.807, 2.05) is 6.07 Å². The minimum absolute atomic E-state index is 0.173. The molecule has 1 aliphatic rings. The standard InChI is InChI=1S/C17H28ClN3/c1-4-14(3)20-7-9-21(10-8-20)17-12-16(18)6-5-15(17)11-13(2)19/h5-6,12-14H,4,7-11,19H2,1-3H3. The van der Waals surface area contributed by atoms with E-state index in [2.05, 4.69) is 42.7 Å². The summed E-state index contributed by atoms with van der Waals surface area (Å²) in [6, 6.07) is 7.04. The zero-order valence-corrected chi connectivity index (χ0v) is 14.2. The normalized spacial score (nSPS) is 19.6. The van der Waals surface area contributed by atoms with Crippen molar-refractivity contribution in [1.82, 2.24) is 4.90 Å². The van der Waals surface area contributed by atoms with Crippen molar-refractivity contribution in [2.45, 2.75) is 45.7 Å². The lowest BCUT2D eigenvalue weighted by Crippen LogP contribution is -2.49. The van der Waals surface area contributed by atoms with Gasteiger partial charge in [-0.15, -0.1) is 0 Å². The van der Waals surface area contributed by atoms with Crippen LogP contribution in [0.25, 0.3) is 0 Å². The smallest absolute Gasteiger partial charge is 0.0426 e. The maximum Gasteiger partial charge on any atom is 0.0426 e. The van der Waals surface area contributed by atoms with Gasteiger partial charge in [-0.3, -0.25) is 4.90 Å². The van der Waals surface area contributed by atoms with Crippen LogP contribution in [0.4, 0.5) is 5.69 Å². The first-order chi connectivity index (χ1) is 10.0. The summed E-state index contributed by atoms with van der Waals surface area (Å²) in [5.74, 6) is 0. The Labute approximate surface area is 134 Å². The largest absolute Gasteiger partial charge is 0.369 e. The second-order valence-electron chi connectivity index (χ2n) is 6.23. The van der Waals surface area contributed by atoms with Gasteiger partial charge >= 0.3 is 0 Å². The first-order valence-corrected chi connectivity index (χ1v) is 8.42. The third kappa shape index (κ3) is 4.35. The van der Waals surface area contributed by atoms with Crippen molar-refractivity contribution in [3.05, 3.63) is 28.8 Å². The van der Waals surface area contributed by atoms with E-state index in [4.69, 9.17) is 17.3 Å². The molecule has 0 spiro atoms. The van der Waals surface area contributed by atoms with Crippen molar-refractivity contribution in [3.8, 4) is 0 Å². The summed E-state index contributed by atoms with van der Waals surface area (Å²) in [5.41, 5.74) is 8.56. The van der Waals surface area contributed by atoms with E-state index >= 15 is 0 Å². The van der Waals surface area contributed by atoms with Crippen LogP contribution < -0.4 is 10.6 Å². The van der Waals surface area contributed by atoms with E-state index in [1.54, 1.807) is 0 Å². The Morgan fingerprint density at radius 2 is 1.86 bits per heavy atom. The molecule has 0 saturated carbocycles. The van der Waals surface area contributed by atoms with E-state index in [9.17, 15) is 0 Å². The number of anilines is 1. The van der Waals surface area contributed by atoms with Crippen LogP contribution >= 0.6 is 11.6 Å². The second kappa shape index (κ2) is 7.48. The van der Waals surface area contributed by atoms with Crippen LogP contribution in [0.1, 0.15) is 32.8 Å². The Morgan fingerprint density at radius 3 is 2.43 bits per heavy atom. The highest BCUT2D eigenvalue weighted by molar-refractivity contribution is 6.30. The molecule has 0 amide bonds. The fourth-order valence-electron chi connectivity index (χ4n) is 3.01. The highest BCUT2D eigenvalue weighted by Crippen LogP contribution is 2.27. The predicted octanol–water partition coefficient (Wildman–Crippen LogP) is 3.15. The fraction of sp³-hybridized carbons (Fsp3) is 0.647. The molecule has 4 heteroatoms. The molecule has 0 bridgehead atoms. The topological polar surface area (TPSA) is 32.5 Å². The molecule has 1 saturated heterocycles. The molecule has 2 rings (SSSR count). The summed E-state index contributed by atoms with van der Waals surface area (Å²) in [5, 5.41) is 0.808. The lowest BCUT2D eigenvalue weighted by Gasteiger charge is -2.39. The average Bonchev–Trinajstić information content (AvgIpc) is 2.48. The molecule has 1 aromatic carbocycles. The van der Waals surface area contributed by atoms with Crippen molar-refractivity contribution < 1.29 is 0 Å². The third-order valence-electron chi connectivity index (χ3n) is 4.46. The van der Waals surface area contributed by atoms with E-state index < -0.39 is 0 Å². The van der Waals surface area contributed by atoms with Crippen LogP contribution in [-0.4, -0.2) is 43.2 Å². The molecule has 0 aliphatic carbocycles. The van der Waals surface area contributed by atoms with Gasteiger partial charge in [-0.05, 0) is 44.4 Å². The summed E-state index contributed by atoms with van der Waals surface area (Å²) in [7, 11) is 0. The van der Waals surface area contributed by atoms with Crippen LogP contribution in [0.3, 0.4) is 0 Å². The molecule has 2 N–H and O–H groups in total. The minimum atomic E-state index is 0.173. The molecule has 3 nitrogen and oxygen atoms in total. The van der Waals surface area contributed by atoms with Crippen molar-refractivity contribution in [3.63, 3.8) is 0 Å². The summed E-state index contributed by atoms with van der Waals surface area (Å²) >= 11 is 6.21. The number of halogens is 1. The van der Waals surface area contributed by atoms with Gasteiger partial charge in [0.1, 0.15) is 0 Å². The van der Waals surface area contributed by atoms with Crippen LogP contribution in [0.2, 0.25) is 5.02 Å². The summed E-state index contributed by atoms with van der Waals surface area (Å²) in [4.78, 5) is 5.04. The highest BCUT2D eigenvalue weighted by atomic mass is 35.5. The van der Waals surface area contributed by atoms with Crippen molar-refractivity contribution >= 4 is 17.3 Å². The van der Waals surface area contributed by atoms with Gasteiger partial charge in [-0.2, -0.15) is 0 Å². The molecule has 1 aromatic rings. The first-order valence-electron chi connectivity index (χ1n) is 8.04. The highest BCUT2D eigenvalue weighted by Gasteiger charge is 2.22. The molecule has 2 unspecified atom stereocenters. The van der Waals surface area contributed by atoms with Crippen LogP contribution in [-0.2, 0) is 6.42 Å². The molecule has 118 valence electrons. The Kier molecular flexibility index (Phi) is 5.91. The molecular formula is C17H28ClN3. The van der Waals surface area contributed by atoms with Gasteiger partial charge in [-0.25, -0.2) is 0 Å². The van der Waals surface area contributed by atoms with E-state index in [0.29, 0.717) is 6.04 Å². The van der Waals surface area contributed by atoms with Gasteiger partial charge in [-0.1, -0.05) is 24.6 Å². The van der Waals surface area contributed by atoms with E-state index in [0.717, 1.165) is 37.6 Å². The lowest BCUT2D eigenvalue weighted by molar-refractivity contribution is 0.192. The van der Waals surface area contributed by atoms with Gasteiger partial charge in [0.25, 0.3) is 0 Å². The number of hydrogen-bond donors (Lipinski definition) is 1. The lowest BCUT2D eigenvalue weighted by atomic mass is 10.0. The van der Waals surface area contributed by atoms with E-state index in [1.165, 1.54) is 17.7 Å². The van der Waals surface area contributed by atoms with Crippen molar-refractivity contribution in [2.75, 3.05) is 31.1 Å². The van der Waals surface area contributed by atoms with Crippen LogP contribution in [0.5, 0.6) is 0 Å². The predicted molar refractivity (Wildman–Crippen MR) is 92.3 cm³/mol. The van der Waals surface area contributed by atoms with Crippen LogP contribution in [0.15, 0.2) is 18.2 Å². The van der Waals surface area contributed by atoms with Gasteiger partial charge in [0, 0.05) is 49.0 Å². The van der Waals surface area contributed by atoms with Gasteiger partial charge in [0.05, 0.1) is 0 Å². The van der Waals surface area contributed by atoms with Gasteiger partial charge in [0.15, 0.2) is 0 Å². The molecule has 2 atom stereocenters. The van der Waals surface area contributed by atoms with Gasteiger partial charge in [0.2, 0.25) is 0 Å². The van der Waals surface area contributed by atoms with Crippen molar-refractivity contribution in [2.24, 2.45) is 5.73 Å². The Hall–Kier alpha value is -0.770. The number of piperazine rings is 1. The molecule has 1 fully saturated rings. The molecule has 0 aromatic heterocycles. The van der Waals surface area contributed by atoms with Gasteiger partial charge < -0.3 is 10.6 Å². The molecule has 21 heavy (non-hydrogen) atoms. The third-order valence-corrected chi connectivity index (χ3v) is 4.69. The summed E-state index contributed by atoms with van der Waals surface area (Å²) < 4.78 is 0. The summed E-state index contributed by atoms with van der Waals surface area (Å²) in [6.45, 7) is 11.0. The Bertz CT molecular complexity index is 453. The zero-order chi connectivity index (χ0) is 15.4. The summed E-state index contributed by atoms with van der Waals surface area (Å²) in [6.07, 6.45) is 2.12. The SMILES string of the molecule is CCC(C)N1CCN(c2cc(Cl)ccc2CC(C)N)CC1. The second-order valence-corrected chi connectivity index (χ2v) is 6.67. The molecule has 1 aliphatic heterocycles. The first kappa shape index (κ1) is 16.6. The fourth-order valence-corrected chi connectivity index (χ4v) is 3.18. The monoisotopic (exact) mass is 309 g/mol. The maximum atomic E-state index is 6.21. The van der Waals surface area contributed by atoms with Crippen molar-refractivity contribution in [1.29, 1.82) is 0 Å². The number of rotatable bonds is 5.